The Kier molecular flexibility index (Phi) is 7.08. The molecule has 4 rings (SSSR count). The number of hydrogen-bond donors (Lipinski definition) is 1. The number of aromatic nitrogens is 1. The van der Waals surface area contributed by atoms with E-state index in [0.29, 0.717) is 21.4 Å². The molecule has 1 unspecified atom stereocenters. The molecule has 1 atom stereocenters. The lowest BCUT2D eigenvalue weighted by molar-refractivity contribution is -0.118. The number of likely N-dealkylation sites (N-methyl/N-ethyl adjacent to an activating group) is 1. The lowest BCUT2D eigenvalue weighted by atomic mass is 10.0. The smallest absolute Gasteiger partial charge is 0.252 e. The largest absolute Gasteiger partial charge is 0.493 e. The fourth-order valence-electron chi connectivity index (χ4n) is 3.91. The highest BCUT2D eigenvalue weighted by molar-refractivity contribution is 7.90. The highest BCUT2D eigenvalue weighted by Gasteiger charge is 2.45. The number of methoxy groups -OCH3 is 2. The molecule has 0 aliphatic carbocycles. The van der Waals surface area contributed by atoms with Crippen molar-refractivity contribution in [2.24, 2.45) is 0 Å². The number of sulfonamides is 1. The van der Waals surface area contributed by atoms with Gasteiger partial charge in [0.15, 0.2) is 44.7 Å². The Labute approximate surface area is 213 Å². The minimum atomic E-state index is -4.09. The molecule has 12 nitrogen and oxygen atoms in total. The third kappa shape index (κ3) is 5.21. The van der Waals surface area contributed by atoms with Gasteiger partial charge in [0.05, 0.1) is 24.9 Å². The van der Waals surface area contributed by atoms with E-state index >= 15 is 0 Å². The van der Waals surface area contributed by atoms with Crippen LogP contribution >= 0.6 is 0 Å². The summed E-state index contributed by atoms with van der Waals surface area (Å²) in [6, 6.07) is 9.86. The van der Waals surface area contributed by atoms with Gasteiger partial charge in [-0.1, -0.05) is 23.4 Å². The van der Waals surface area contributed by atoms with Crippen LogP contribution in [0.4, 0.5) is 5.82 Å². The van der Waals surface area contributed by atoms with Gasteiger partial charge in [-0.25, -0.2) is 16.8 Å². The summed E-state index contributed by atoms with van der Waals surface area (Å²) in [5.74, 6) is -1.90. The first-order valence-electron chi connectivity index (χ1n) is 10.8. The maximum Gasteiger partial charge on any atom is 0.252 e. The van der Waals surface area contributed by atoms with Crippen molar-refractivity contribution in [1.29, 1.82) is 0 Å². The molecule has 1 aliphatic heterocycles. The van der Waals surface area contributed by atoms with Crippen molar-refractivity contribution in [3.8, 4) is 11.5 Å². The first-order chi connectivity index (χ1) is 17.5. The lowest BCUT2D eigenvalue weighted by Gasteiger charge is -2.30. The molecule has 0 saturated heterocycles. The van der Waals surface area contributed by atoms with E-state index in [9.17, 15) is 26.4 Å². The van der Waals surface area contributed by atoms with Gasteiger partial charge in [0.25, 0.3) is 5.91 Å². The molecule has 0 saturated carbocycles. The van der Waals surface area contributed by atoms with Crippen molar-refractivity contribution in [3.05, 3.63) is 65.4 Å². The number of amides is 1. The van der Waals surface area contributed by atoms with E-state index in [1.807, 2.05) is 0 Å². The van der Waals surface area contributed by atoms with Crippen LogP contribution in [0.1, 0.15) is 21.7 Å². The van der Waals surface area contributed by atoms with E-state index in [1.165, 1.54) is 44.6 Å². The summed E-state index contributed by atoms with van der Waals surface area (Å²) in [4.78, 5) is 25.6. The standard InChI is InChI=1S/C23H23N3O9S2/c1-26-21(22(27)16-6-4-5-7-19(16)37(26,31)32)23(28)24-20-11-15(35-25-20)13-36(29,30)12-14-8-9-17(33-2)18(10-14)34-3/h4-11,21H,12-13H2,1-3H3,(H,24,25,28). The number of ether oxygens (including phenoxy) is 2. The maximum absolute atomic E-state index is 12.9. The van der Waals surface area contributed by atoms with Crippen molar-refractivity contribution < 1.29 is 40.4 Å². The summed E-state index contributed by atoms with van der Waals surface area (Å²) in [7, 11) is -3.77. The van der Waals surface area contributed by atoms with Gasteiger partial charge in [-0.2, -0.15) is 4.31 Å². The fourth-order valence-corrected chi connectivity index (χ4v) is 6.75. The van der Waals surface area contributed by atoms with Gasteiger partial charge in [0.2, 0.25) is 10.0 Å². The number of nitrogens with one attached hydrogen (secondary N) is 1. The Hall–Kier alpha value is -3.75. The fraction of sp³-hybridized carbons (Fsp3) is 0.261. The van der Waals surface area contributed by atoms with Gasteiger partial charge >= 0.3 is 0 Å². The van der Waals surface area contributed by atoms with Crippen LogP contribution in [0.3, 0.4) is 0 Å². The molecular weight excluding hydrogens is 526 g/mol. The number of benzene rings is 2. The molecule has 0 spiro atoms. The first-order valence-corrected chi connectivity index (χ1v) is 14.0. The minimum absolute atomic E-state index is 0.0583. The number of anilines is 1. The second-order valence-corrected chi connectivity index (χ2v) is 12.2. The summed E-state index contributed by atoms with van der Waals surface area (Å²) >= 11 is 0. The second-order valence-electron chi connectivity index (χ2n) is 8.17. The number of nitrogens with zero attached hydrogens (tertiary/aromatic N) is 2. The monoisotopic (exact) mass is 549 g/mol. The van der Waals surface area contributed by atoms with E-state index in [2.05, 4.69) is 10.5 Å². The van der Waals surface area contributed by atoms with Gasteiger partial charge in [0, 0.05) is 18.7 Å². The first kappa shape index (κ1) is 26.3. The Morgan fingerprint density at radius 3 is 2.49 bits per heavy atom. The van der Waals surface area contributed by atoms with Crippen molar-refractivity contribution in [1.82, 2.24) is 9.46 Å². The van der Waals surface area contributed by atoms with Crippen LogP contribution in [0.15, 0.2) is 57.9 Å². The number of carbonyl (C=O) groups excluding carboxylic acids is 2. The third-order valence-electron chi connectivity index (χ3n) is 5.68. The summed E-state index contributed by atoms with van der Waals surface area (Å²) in [5.41, 5.74) is 0.369. The average molecular weight is 550 g/mol. The van der Waals surface area contributed by atoms with Gasteiger partial charge in [-0.15, -0.1) is 0 Å². The minimum Gasteiger partial charge on any atom is -0.493 e. The number of hydrogen-bond acceptors (Lipinski definition) is 10. The Balaban J connectivity index is 1.47. The zero-order valence-corrected chi connectivity index (χ0v) is 21.6. The van der Waals surface area contributed by atoms with Crippen molar-refractivity contribution in [2.75, 3.05) is 26.6 Å². The van der Waals surface area contributed by atoms with Crippen molar-refractivity contribution in [3.63, 3.8) is 0 Å². The summed E-state index contributed by atoms with van der Waals surface area (Å²) < 4.78 is 67.1. The molecule has 196 valence electrons. The van der Waals surface area contributed by atoms with E-state index in [-0.39, 0.29) is 27.8 Å². The summed E-state index contributed by atoms with van der Waals surface area (Å²) in [6.45, 7) is 0. The number of sulfone groups is 1. The average Bonchev–Trinajstić information content (AvgIpc) is 3.28. The normalized spacial score (nSPS) is 17.2. The summed E-state index contributed by atoms with van der Waals surface area (Å²) in [6.07, 6.45) is 0. The molecule has 37 heavy (non-hydrogen) atoms. The second kappa shape index (κ2) is 9.95. The Morgan fingerprint density at radius 1 is 1.08 bits per heavy atom. The van der Waals surface area contributed by atoms with Crippen molar-refractivity contribution in [2.45, 2.75) is 22.4 Å². The molecule has 1 aromatic heterocycles. The zero-order chi connectivity index (χ0) is 27.0. The molecule has 3 aromatic rings. The molecule has 2 aromatic carbocycles. The van der Waals surface area contributed by atoms with Crippen LogP contribution in [0.25, 0.3) is 0 Å². The zero-order valence-electron chi connectivity index (χ0n) is 20.0. The highest BCUT2D eigenvalue weighted by Crippen LogP contribution is 2.30. The molecule has 0 bridgehead atoms. The topological polar surface area (TPSA) is 162 Å². The molecule has 0 radical (unpaired) electrons. The van der Waals surface area contributed by atoms with Crippen LogP contribution < -0.4 is 14.8 Å². The van der Waals surface area contributed by atoms with Gasteiger partial charge in [-0.05, 0) is 29.8 Å². The number of rotatable bonds is 8. The van der Waals surface area contributed by atoms with Gasteiger partial charge in [-0.3, -0.25) is 9.59 Å². The molecule has 1 N–H and O–H groups in total. The van der Waals surface area contributed by atoms with E-state index in [0.717, 1.165) is 7.05 Å². The highest BCUT2D eigenvalue weighted by atomic mass is 32.2. The molecular formula is C23H23N3O9S2. The van der Waals surface area contributed by atoms with Gasteiger partial charge in [0.1, 0.15) is 5.75 Å². The van der Waals surface area contributed by atoms with E-state index in [1.54, 1.807) is 18.2 Å². The Bertz CT molecular complexity index is 1580. The molecule has 1 aliphatic rings. The van der Waals surface area contributed by atoms with Gasteiger partial charge < -0.3 is 19.3 Å². The lowest BCUT2D eigenvalue weighted by Crippen LogP contribution is -2.53. The number of fused-ring (bicyclic) bond motifs is 1. The molecule has 2 heterocycles. The quantitative estimate of drug-likeness (QED) is 0.409. The molecule has 1 amide bonds. The molecule has 14 heteroatoms. The molecule has 0 fully saturated rings. The van der Waals surface area contributed by atoms with Crippen molar-refractivity contribution >= 4 is 37.4 Å². The Morgan fingerprint density at radius 2 is 1.78 bits per heavy atom. The number of carbonyl (C=O) groups is 2. The third-order valence-corrected chi connectivity index (χ3v) is 9.06. The van der Waals surface area contributed by atoms with Crippen LogP contribution in [0, 0.1) is 0 Å². The van der Waals surface area contributed by atoms with Crippen LogP contribution in [-0.2, 0) is 36.2 Å². The predicted octanol–water partition coefficient (Wildman–Crippen LogP) is 1.63. The van der Waals surface area contributed by atoms with Crippen LogP contribution in [0.2, 0.25) is 0 Å². The van der Waals surface area contributed by atoms with E-state index < -0.39 is 43.3 Å². The van der Waals surface area contributed by atoms with Crippen LogP contribution in [-0.4, -0.2) is 65.3 Å². The van der Waals surface area contributed by atoms with E-state index in [4.69, 9.17) is 14.0 Å². The summed E-state index contributed by atoms with van der Waals surface area (Å²) in [5, 5.41) is 5.96. The predicted molar refractivity (Wildman–Crippen MR) is 131 cm³/mol. The SMILES string of the molecule is COc1ccc(CS(=O)(=O)Cc2cc(NC(=O)C3C(=O)c4ccccc4S(=O)(=O)N3C)no2)cc1OC. The number of ketones is 1. The number of Topliss-reactive ketones (excluding diaryl/α,β-unsaturated/α-hetero) is 1. The van der Waals surface area contributed by atoms with Crippen LogP contribution in [0.5, 0.6) is 11.5 Å². The maximum atomic E-state index is 12.9.